The summed E-state index contributed by atoms with van der Waals surface area (Å²) in [5.74, 6) is 0.154. The van der Waals surface area contributed by atoms with E-state index < -0.39 is 0 Å². The maximum absolute atomic E-state index is 12.3. The van der Waals surface area contributed by atoms with Crippen LogP contribution >= 0.6 is 15.9 Å². The average Bonchev–Trinajstić information content (AvgIpc) is 2.82. The molecule has 2 nitrogen and oxygen atoms in total. The Labute approximate surface area is 111 Å². The number of carbonyl (C=O) groups is 1. The lowest BCUT2D eigenvalue weighted by Gasteiger charge is -2.20. The Bertz CT molecular complexity index is 417. The van der Waals surface area contributed by atoms with E-state index in [-0.39, 0.29) is 5.91 Å². The zero-order valence-corrected chi connectivity index (χ0v) is 11.8. The fourth-order valence-electron chi connectivity index (χ4n) is 2.39. The predicted molar refractivity (Wildman–Crippen MR) is 73.8 cm³/mol. The summed E-state index contributed by atoms with van der Waals surface area (Å²) in [6.07, 6.45) is 3.52. The number of halogens is 1. The zero-order chi connectivity index (χ0) is 12.3. The van der Waals surface area contributed by atoms with E-state index in [2.05, 4.69) is 28.1 Å². The molecule has 1 aliphatic rings. The lowest BCUT2D eigenvalue weighted by Crippen LogP contribution is -2.32. The Kier molecular flexibility index (Phi) is 4.21. The van der Waals surface area contributed by atoms with Crippen LogP contribution in [-0.4, -0.2) is 29.2 Å². The molecule has 0 heterocycles. The summed E-state index contributed by atoms with van der Waals surface area (Å²) in [6.45, 7) is 3.56. The van der Waals surface area contributed by atoms with Crippen molar-refractivity contribution in [1.29, 1.82) is 0 Å². The largest absolute Gasteiger partial charge is 0.338 e. The SMILES string of the molecule is CCN(CCBr)C(=O)c1ccc2c(c1)CCC2. The normalized spacial score (nSPS) is 13.5. The molecule has 1 aromatic carbocycles. The van der Waals surface area contributed by atoms with Crippen LogP contribution in [-0.2, 0) is 12.8 Å². The fraction of sp³-hybridized carbons (Fsp3) is 0.500. The van der Waals surface area contributed by atoms with Gasteiger partial charge in [0.2, 0.25) is 0 Å². The third-order valence-electron chi connectivity index (χ3n) is 3.37. The molecule has 2 rings (SSSR count). The summed E-state index contributed by atoms with van der Waals surface area (Å²) < 4.78 is 0. The lowest BCUT2D eigenvalue weighted by molar-refractivity contribution is 0.0775. The minimum Gasteiger partial charge on any atom is -0.338 e. The Morgan fingerprint density at radius 3 is 2.82 bits per heavy atom. The first-order chi connectivity index (χ1) is 8.26. The number of alkyl halides is 1. The van der Waals surface area contributed by atoms with Crippen molar-refractivity contribution in [2.75, 3.05) is 18.4 Å². The van der Waals surface area contributed by atoms with Crippen molar-refractivity contribution >= 4 is 21.8 Å². The molecule has 92 valence electrons. The van der Waals surface area contributed by atoms with Crippen LogP contribution in [0.5, 0.6) is 0 Å². The first-order valence-electron chi connectivity index (χ1n) is 6.23. The Balaban J connectivity index is 2.19. The van der Waals surface area contributed by atoms with Crippen molar-refractivity contribution in [3.8, 4) is 0 Å². The molecule has 0 radical (unpaired) electrons. The molecule has 1 aromatic rings. The van der Waals surface area contributed by atoms with Gasteiger partial charge in [-0.05, 0) is 49.4 Å². The summed E-state index contributed by atoms with van der Waals surface area (Å²) in [5, 5.41) is 0.831. The molecule has 17 heavy (non-hydrogen) atoms. The highest BCUT2D eigenvalue weighted by Crippen LogP contribution is 2.23. The quantitative estimate of drug-likeness (QED) is 0.782. The van der Waals surface area contributed by atoms with Crippen molar-refractivity contribution in [3.05, 3.63) is 34.9 Å². The second kappa shape index (κ2) is 5.67. The van der Waals surface area contributed by atoms with E-state index in [1.165, 1.54) is 24.0 Å². The highest BCUT2D eigenvalue weighted by atomic mass is 79.9. The highest BCUT2D eigenvalue weighted by Gasteiger charge is 2.17. The summed E-state index contributed by atoms with van der Waals surface area (Å²) in [4.78, 5) is 14.2. The third kappa shape index (κ3) is 2.71. The topological polar surface area (TPSA) is 20.3 Å². The van der Waals surface area contributed by atoms with Crippen LogP contribution in [0.25, 0.3) is 0 Å². The van der Waals surface area contributed by atoms with Crippen molar-refractivity contribution in [3.63, 3.8) is 0 Å². The fourth-order valence-corrected chi connectivity index (χ4v) is 2.82. The first kappa shape index (κ1) is 12.6. The number of aryl methyl sites for hydroxylation is 2. The van der Waals surface area contributed by atoms with E-state index in [0.717, 1.165) is 30.4 Å². The van der Waals surface area contributed by atoms with Crippen LogP contribution in [0.2, 0.25) is 0 Å². The molecule has 0 N–H and O–H groups in total. The van der Waals surface area contributed by atoms with Gasteiger partial charge in [-0.1, -0.05) is 22.0 Å². The van der Waals surface area contributed by atoms with Crippen LogP contribution in [0.15, 0.2) is 18.2 Å². The molecular weight excluding hydrogens is 278 g/mol. The van der Waals surface area contributed by atoms with Gasteiger partial charge >= 0.3 is 0 Å². The molecule has 0 aliphatic heterocycles. The van der Waals surface area contributed by atoms with E-state index in [4.69, 9.17) is 0 Å². The maximum Gasteiger partial charge on any atom is 0.253 e. The van der Waals surface area contributed by atoms with Crippen molar-refractivity contribution in [2.45, 2.75) is 26.2 Å². The number of nitrogens with zero attached hydrogens (tertiary/aromatic N) is 1. The summed E-state index contributed by atoms with van der Waals surface area (Å²) in [6, 6.07) is 6.18. The molecule has 0 spiro atoms. The van der Waals surface area contributed by atoms with Gasteiger partial charge < -0.3 is 4.90 Å². The molecule has 0 fully saturated rings. The van der Waals surface area contributed by atoms with Crippen LogP contribution in [0.1, 0.15) is 34.8 Å². The Morgan fingerprint density at radius 1 is 1.35 bits per heavy atom. The first-order valence-corrected chi connectivity index (χ1v) is 7.35. The van der Waals surface area contributed by atoms with Gasteiger partial charge in [-0.3, -0.25) is 4.79 Å². The smallest absolute Gasteiger partial charge is 0.253 e. The van der Waals surface area contributed by atoms with Gasteiger partial charge in [0.25, 0.3) is 5.91 Å². The van der Waals surface area contributed by atoms with E-state index in [1.54, 1.807) is 0 Å². The van der Waals surface area contributed by atoms with Gasteiger partial charge in [0, 0.05) is 24.0 Å². The second-order valence-electron chi connectivity index (χ2n) is 4.41. The minimum atomic E-state index is 0.154. The monoisotopic (exact) mass is 295 g/mol. The summed E-state index contributed by atoms with van der Waals surface area (Å²) >= 11 is 3.39. The van der Waals surface area contributed by atoms with Crippen molar-refractivity contribution < 1.29 is 4.79 Å². The maximum atomic E-state index is 12.3. The molecular formula is C14H18BrNO. The van der Waals surface area contributed by atoms with Crippen molar-refractivity contribution in [1.82, 2.24) is 4.90 Å². The molecule has 0 saturated carbocycles. The molecule has 0 bridgehead atoms. The zero-order valence-electron chi connectivity index (χ0n) is 10.2. The van der Waals surface area contributed by atoms with Gasteiger partial charge in [-0.25, -0.2) is 0 Å². The molecule has 0 unspecified atom stereocenters. The number of fused-ring (bicyclic) bond motifs is 1. The van der Waals surface area contributed by atoms with E-state index >= 15 is 0 Å². The number of amides is 1. The lowest BCUT2D eigenvalue weighted by atomic mass is 10.1. The number of carbonyl (C=O) groups excluding carboxylic acids is 1. The molecule has 0 atom stereocenters. The second-order valence-corrected chi connectivity index (χ2v) is 5.20. The number of hydrogen-bond acceptors (Lipinski definition) is 1. The van der Waals surface area contributed by atoms with Gasteiger partial charge in [0.1, 0.15) is 0 Å². The number of rotatable bonds is 4. The van der Waals surface area contributed by atoms with E-state index in [0.29, 0.717) is 0 Å². The summed E-state index contributed by atoms with van der Waals surface area (Å²) in [5.41, 5.74) is 3.63. The molecule has 1 aliphatic carbocycles. The summed E-state index contributed by atoms with van der Waals surface area (Å²) in [7, 11) is 0. The molecule has 3 heteroatoms. The Hall–Kier alpha value is -0.830. The van der Waals surface area contributed by atoms with Gasteiger partial charge in [-0.15, -0.1) is 0 Å². The molecule has 0 aromatic heterocycles. The molecule has 1 amide bonds. The van der Waals surface area contributed by atoms with Crippen molar-refractivity contribution in [2.24, 2.45) is 0 Å². The standard InChI is InChI=1S/C14H18BrNO/c1-2-16(9-8-15)14(17)13-7-6-11-4-3-5-12(11)10-13/h6-7,10H,2-5,8-9H2,1H3. The Morgan fingerprint density at radius 2 is 2.12 bits per heavy atom. The average molecular weight is 296 g/mol. The van der Waals surface area contributed by atoms with Gasteiger partial charge in [0.05, 0.1) is 0 Å². The van der Waals surface area contributed by atoms with Crippen LogP contribution < -0.4 is 0 Å². The van der Waals surface area contributed by atoms with Gasteiger partial charge in [-0.2, -0.15) is 0 Å². The third-order valence-corrected chi connectivity index (χ3v) is 3.72. The minimum absolute atomic E-state index is 0.154. The van der Waals surface area contributed by atoms with E-state index in [1.807, 2.05) is 17.9 Å². The van der Waals surface area contributed by atoms with Crippen LogP contribution in [0.4, 0.5) is 0 Å². The number of hydrogen-bond donors (Lipinski definition) is 0. The van der Waals surface area contributed by atoms with E-state index in [9.17, 15) is 4.79 Å². The van der Waals surface area contributed by atoms with Crippen LogP contribution in [0, 0.1) is 0 Å². The van der Waals surface area contributed by atoms with Crippen LogP contribution in [0.3, 0.4) is 0 Å². The predicted octanol–water partition coefficient (Wildman–Crippen LogP) is 3.03. The van der Waals surface area contributed by atoms with Gasteiger partial charge in [0.15, 0.2) is 0 Å². The molecule has 0 saturated heterocycles. The highest BCUT2D eigenvalue weighted by molar-refractivity contribution is 9.09. The number of benzene rings is 1.